The molecule has 0 amide bonds. The van der Waals surface area contributed by atoms with Crippen molar-refractivity contribution in [2.45, 2.75) is 31.8 Å². The zero-order chi connectivity index (χ0) is 20.8. The Morgan fingerprint density at radius 3 is 2.48 bits per heavy atom. The average molecular weight is 569 g/mol. The molecule has 2 rings (SSSR count). The van der Waals surface area contributed by atoms with Crippen molar-refractivity contribution in [1.29, 1.82) is 0 Å². The summed E-state index contributed by atoms with van der Waals surface area (Å²) in [5, 5.41) is 6.92. The fraction of sp³-hybridized carbons (Fsp3) is 0.588. The zero-order valence-corrected chi connectivity index (χ0v) is 19.8. The first-order valence-corrected chi connectivity index (χ1v) is 10.8. The van der Waals surface area contributed by atoms with E-state index in [1.807, 2.05) is 25.1 Å². The molecule has 1 aliphatic rings. The molecule has 0 spiro atoms. The predicted molar refractivity (Wildman–Crippen MR) is 119 cm³/mol. The monoisotopic (exact) mass is 568 g/mol. The molecule has 1 fully saturated rings. The quantitative estimate of drug-likeness (QED) is 0.313. The zero-order valence-electron chi connectivity index (χ0n) is 15.9. The lowest BCUT2D eigenvalue weighted by molar-refractivity contribution is -0.0496. The fourth-order valence-corrected chi connectivity index (χ4v) is 4.09. The number of piperidine rings is 1. The van der Waals surface area contributed by atoms with Crippen LogP contribution in [-0.4, -0.2) is 50.4 Å². The molecule has 1 aromatic rings. The molecular formula is C17H25ClF3IN4O2S. The molecule has 29 heavy (non-hydrogen) atoms. The number of nitrogens with zero attached hydrogens (tertiary/aromatic N) is 2. The Morgan fingerprint density at radius 1 is 1.28 bits per heavy atom. The van der Waals surface area contributed by atoms with Crippen molar-refractivity contribution in [2.75, 3.05) is 26.2 Å². The second-order valence-electron chi connectivity index (χ2n) is 6.50. The maximum absolute atomic E-state index is 12.6. The first-order valence-electron chi connectivity index (χ1n) is 8.96. The summed E-state index contributed by atoms with van der Waals surface area (Å²) < 4.78 is 61.3. The fourth-order valence-electron chi connectivity index (χ4n) is 2.89. The summed E-state index contributed by atoms with van der Waals surface area (Å²) in [6.07, 6.45) is 0.714. The van der Waals surface area contributed by atoms with Gasteiger partial charge < -0.3 is 10.6 Å². The second kappa shape index (κ2) is 11.6. The summed E-state index contributed by atoms with van der Waals surface area (Å²) in [5.41, 5.74) is -4.29. The third-order valence-corrected chi connectivity index (χ3v) is 6.28. The van der Waals surface area contributed by atoms with Crippen LogP contribution >= 0.6 is 35.6 Å². The van der Waals surface area contributed by atoms with Crippen LogP contribution in [-0.2, 0) is 16.6 Å². The smallest absolute Gasteiger partial charge is 0.357 e. The first-order chi connectivity index (χ1) is 13.1. The van der Waals surface area contributed by atoms with Gasteiger partial charge in [0, 0.05) is 31.2 Å². The normalized spacial score (nSPS) is 16.9. The maximum atomic E-state index is 12.6. The van der Waals surface area contributed by atoms with Crippen molar-refractivity contribution >= 4 is 51.6 Å². The van der Waals surface area contributed by atoms with E-state index in [9.17, 15) is 21.6 Å². The van der Waals surface area contributed by atoms with Crippen molar-refractivity contribution < 1.29 is 21.6 Å². The van der Waals surface area contributed by atoms with Gasteiger partial charge in [-0.3, -0.25) is 0 Å². The number of hydrogen-bond acceptors (Lipinski definition) is 3. The van der Waals surface area contributed by atoms with E-state index in [1.54, 1.807) is 6.07 Å². The summed E-state index contributed by atoms with van der Waals surface area (Å²) in [4.78, 5) is 4.48. The summed E-state index contributed by atoms with van der Waals surface area (Å²) in [6, 6.07) is 7.36. The molecule has 1 aromatic carbocycles. The van der Waals surface area contributed by atoms with Crippen LogP contribution in [0.3, 0.4) is 0 Å². The van der Waals surface area contributed by atoms with E-state index in [4.69, 9.17) is 11.6 Å². The van der Waals surface area contributed by atoms with E-state index < -0.39 is 15.5 Å². The molecule has 0 aromatic heterocycles. The number of alkyl halides is 3. The van der Waals surface area contributed by atoms with Crippen LogP contribution in [0.1, 0.15) is 25.3 Å². The van der Waals surface area contributed by atoms with Gasteiger partial charge >= 0.3 is 15.5 Å². The number of aliphatic imine (C=N–C) groups is 1. The van der Waals surface area contributed by atoms with Crippen molar-refractivity contribution in [2.24, 2.45) is 10.9 Å². The van der Waals surface area contributed by atoms with Gasteiger partial charge in [-0.15, -0.1) is 24.0 Å². The number of hydrogen-bond donors (Lipinski definition) is 2. The van der Waals surface area contributed by atoms with Crippen molar-refractivity contribution in [1.82, 2.24) is 14.9 Å². The molecule has 0 radical (unpaired) electrons. The maximum Gasteiger partial charge on any atom is 0.511 e. The van der Waals surface area contributed by atoms with Crippen LogP contribution < -0.4 is 10.6 Å². The highest BCUT2D eigenvalue weighted by atomic mass is 127. The topological polar surface area (TPSA) is 73.8 Å². The Bertz CT molecular complexity index is 785. The molecule has 0 atom stereocenters. The molecule has 6 nitrogen and oxygen atoms in total. The number of halogens is 5. The molecule has 2 N–H and O–H groups in total. The third kappa shape index (κ3) is 7.76. The molecular weight excluding hydrogens is 544 g/mol. The van der Waals surface area contributed by atoms with Crippen LogP contribution in [0.15, 0.2) is 29.3 Å². The molecule has 1 heterocycles. The van der Waals surface area contributed by atoms with Crippen LogP contribution in [0, 0.1) is 5.92 Å². The Morgan fingerprint density at radius 2 is 1.93 bits per heavy atom. The molecule has 12 heteroatoms. The molecule has 1 saturated heterocycles. The Labute approximate surface area is 191 Å². The molecule has 1 aliphatic heterocycles. The molecule has 0 unspecified atom stereocenters. The minimum Gasteiger partial charge on any atom is -0.357 e. The SMILES string of the molecule is CCNC(=NCc1cccc(Cl)c1)NCC1CCN(S(=O)(=O)C(F)(F)F)CC1.I. The number of guanidine groups is 1. The van der Waals surface area contributed by atoms with Crippen LogP contribution in [0.4, 0.5) is 13.2 Å². The summed E-state index contributed by atoms with van der Waals surface area (Å²) in [5.74, 6) is 0.655. The number of nitrogens with one attached hydrogen (secondary N) is 2. The highest BCUT2D eigenvalue weighted by molar-refractivity contribution is 14.0. The first kappa shape index (κ1) is 26.2. The van der Waals surface area contributed by atoms with Gasteiger partial charge in [0.15, 0.2) is 5.96 Å². The third-order valence-electron chi connectivity index (χ3n) is 4.42. The van der Waals surface area contributed by atoms with Gasteiger partial charge in [0.2, 0.25) is 0 Å². The lowest BCUT2D eigenvalue weighted by atomic mass is 9.98. The van der Waals surface area contributed by atoms with Gasteiger partial charge in [0.05, 0.1) is 6.54 Å². The van der Waals surface area contributed by atoms with Gasteiger partial charge in [-0.2, -0.15) is 17.5 Å². The van der Waals surface area contributed by atoms with E-state index in [2.05, 4.69) is 15.6 Å². The van der Waals surface area contributed by atoms with Gasteiger partial charge in [-0.25, -0.2) is 13.4 Å². The van der Waals surface area contributed by atoms with Crippen molar-refractivity contribution in [3.63, 3.8) is 0 Å². The molecule has 0 saturated carbocycles. The van der Waals surface area contributed by atoms with E-state index in [-0.39, 0.29) is 43.0 Å². The molecule has 0 aliphatic carbocycles. The largest absolute Gasteiger partial charge is 0.511 e. The predicted octanol–water partition coefficient (Wildman–Crippen LogP) is 3.57. The van der Waals surface area contributed by atoms with Crippen LogP contribution in [0.5, 0.6) is 0 Å². The van der Waals surface area contributed by atoms with Gasteiger partial charge in [0.1, 0.15) is 0 Å². The van der Waals surface area contributed by atoms with E-state index >= 15 is 0 Å². The number of benzene rings is 1. The Kier molecular flexibility index (Phi) is 10.5. The van der Waals surface area contributed by atoms with Gasteiger partial charge in [-0.05, 0) is 43.4 Å². The van der Waals surface area contributed by atoms with Gasteiger partial charge in [0.25, 0.3) is 0 Å². The molecule has 0 bridgehead atoms. The van der Waals surface area contributed by atoms with E-state index in [0.29, 0.717) is 47.8 Å². The van der Waals surface area contributed by atoms with E-state index in [1.165, 1.54) is 0 Å². The average Bonchev–Trinajstić information content (AvgIpc) is 2.63. The highest BCUT2D eigenvalue weighted by Crippen LogP contribution is 2.30. The standard InChI is InChI=1S/C17H24ClF3N4O2S.HI/c1-2-22-16(24-12-14-4-3-5-15(18)10-14)23-11-13-6-8-25(9-7-13)28(26,27)17(19,20)21;/h3-5,10,13H,2,6-9,11-12H2,1H3,(H2,22,23,24);1H. The lowest BCUT2D eigenvalue weighted by Crippen LogP contribution is -2.47. The van der Waals surface area contributed by atoms with Gasteiger partial charge in [-0.1, -0.05) is 23.7 Å². The van der Waals surface area contributed by atoms with Crippen LogP contribution in [0.2, 0.25) is 5.02 Å². The minimum absolute atomic E-state index is 0. The highest BCUT2D eigenvalue weighted by Gasteiger charge is 2.50. The van der Waals surface area contributed by atoms with Crippen LogP contribution in [0.25, 0.3) is 0 Å². The Hall–Kier alpha value is -0.790. The summed E-state index contributed by atoms with van der Waals surface area (Å²) in [7, 11) is -5.24. The number of rotatable bonds is 6. The minimum atomic E-state index is -5.25. The van der Waals surface area contributed by atoms with Crippen molar-refractivity contribution in [3.8, 4) is 0 Å². The Balaban J connectivity index is 0.00000420. The summed E-state index contributed by atoms with van der Waals surface area (Å²) in [6.45, 7) is 3.24. The van der Waals surface area contributed by atoms with Crippen molar-refractivity contribution in [3.05, 3.63) is 34.9 Å². The lowest BCUT2D eigenvalue weighted by Gasteiger charge is -2.31. The second-order valence-corrected chi connectivity index (χ2v) is 8.87. The van der Waals surface area contributed by atoms with E-state index in [0.717, 1.165) is 5.56 Å². The number of sulfonamides is 1. The molecule has 166 valence electrons. The summed E-state index contributed by atoms with van der Waals surface area (Å²) >= 11 is 5.96.